The lowest BCUT2D eigenvalue weighted by Gasteiger charge is -2.33. The molecule has 1 aromatic heterocycles. The molecule has 1 atom stereocenters. The Balaban J connectivity index is 2.18. The predicted octanol–water partition coefficient (Wildman–Crippen LogP) is 2.05. The quantitative estimate of drug-likeness (QED) is 0.820. The van der Waals surface area contributed by atoms with E-state index in [1.54, 1.807) is 0 Å². The van der Waals surface area contributed by atoms with Crippen LogP contribution in [0, 0.1) is 5.92 Å². The van der Waals surface area contributed by atoms with E-state index in [-0.39, 0.29) is 17.4 Å². The zero-order valence-corrected chi connectivity index (χ0v) is 14.4. The highest BCUT2D eigenvalue weighted by atomic mass is 16.5. The van der Waals surface area contributed by atoms with Crippen molar-refractivity contribution in [2.75, 3.05) is 35.6 Å². The second-order valence-corrected chi connectivity index (χ2v) is 6.87. The third-order valence-corrected chi connectivity index (χ3v) is 3.70. The molecule has 1 unspecified atom stereocenters. The first-order chi connectivity index (χ1) is 10.8. The van der Waals surface area contributed by atoms with E-state index in [0.717, 1.165) is 19.4 Å². The molecule has 1 aromatic rings. The summed E-state index contributed by atoms with van der Waals surface area (Å²) in [5, 5.41) is 3.29. The molecule has 0 amide bonds. The molecule has 7 nitrogen and oxygen atoms in total. The molecule has 1 saturated heterocycles. The number of nitrogens with one attached hydrogen (secondary N) is 1. The van der Waals surface area contributed by atoms with Gasteiger partial charge in [-0.3, -0.25) is 4.79 Å². The van der Waals surface area contributed by atoms with Gasteiger partial charge in [0.05, 0.1) is 12.5 Å². The van der Waals surface area contributed by atoms with Gasteiger partial charge in [-0.05, 0) is 40.5 Å². The zero-order chi connectivity index (χ0) is 17.0. The molecule has 128 valence electrons. The van der Waals surface area contributed by atoms with Gasteiger partial charge in [0.2, 0.25) is 0 Å². The SMILES string of the molecule is CCOC(=O)C1CCCN(c2ncnc(NC(C)(C)C)c2N)C1. The summed E-state index contributed by atoms with van der Waals surface area (Å²) in [4.78, 5) is 22.6. The average Bonchev–Trinajstić information content (AvgIpc) is 2.48. The number of ether oxygens (including phenoxy) is 1. The molecule has 7 heteroatoms. The molecule has 23 heavy (non-hydrogen) atoms. The summed E-state index contributed by atoms with van der Waals surface area (Å²) in [7, 11) is 0. The third-order valence-electron chi connectivity index (χ3n) is 3.70. The minimum absolute atomic E-state index is 0.128. The minimum atomic E-state index is -0.144. The molecule has 0 bridgehead atoms. The fraction of sp³-hybridized carbons (Fsp3) is 0.688. The molecule has 0 aliphatic carbocycles. The average molecular weight is 321 g/mol. The monoisotopic (exact) mass is 321 g/mol. The molecular formula is C16H27N5O2. The molecule has 3 N–H and O–H groups in total. The van der Waals surface area contributed by atoms with E-state index in [1.807, 2.05) is 27.7 Å². The van der Waals surface area contributed by atoms with Crippen molar-refractivity contribution in [2.45, 2.75) is 46.1 Å². The maximum atomic E-state index is 12.0. The van der Waals surface area contributed by atoms with Crippen LogP contribution >= 0.6 is 0 Å². The van der Waals surface area contributed by atoms with Gasteiger partial charge in [0.25, 0.3) is 0 Å². The molecule has 2 heterocycles. The number of carbonyl (C=O) groups excluding carboxylic acids is 1. The van der Waals surface area contributed by atoms with Crippen molar-refractivity contribution in [2.24, 2.45) is 5.92 Å². The fourth-order valence-corrected chi connectivity index (χ4v) is 2.72. The Hall–Kier alpha value is -2.05. The van der Waals surface area contributed by atoms with Crippen molar-refractivity contribution in [1.29, 1.82) is 0 Å². The number of esters is 1. The van der Waals surface area contributed by atoms with Gasteiger partial charge in [-0.15, -0.1) is 0 Å². The van der Waals surface area contributed by atoms with Crippen LogP contribution in [0.1, 0.15) is 40.5 Å². The molecule has 0 spiro atoms. The number of nitrogens with two attached hydrogens (primary N) is 1. The first-order valence-electron chi connectivity index (χ1n) is 8.12. The van der Waals surface area contributed by atoms with E-state index in [4.69, 9.17) is 10.5 Å². The maximum Gasteiger partial charge on any atom is 0.310 e. The molecule has 0 aromatic carbocycles. The third kappa shape index (κ3) is 4.46. The van der Waals surface area contributed by atoms with Crippen LogP contribution in [0.4, 0.5) is 17.3 Å². The van der Waals surface area contributed by atoms with Crippen LogP contribution in [-0.4, -0.2) is 41.2 Å². The van der Waals surface area contributed by atoms with Crippen LogP contribution in [0.25, 0.3) is 0 Å². The maximum absolute atomic E-state index is 12.0. The number of nitrogen functional groups attached to an aromatic ring is 1. The van der Waals surface area contributed by atoms with Gasteiger partial charge in [0.1, 0.15) is 12.0 Å². The van der Waals surface area contributed by atoms with Crippen LogP contribution in [0.3, 0.4) is 0 Å². The molecule has 0 radical (unpaired) electrons. The highest BCUT2D eigenvalue weighted by Gasteiger charge is 2.29. The number of piperidine rings is 1. The minimum Gasteiger partial charge on any atom is -0.466 e. The molecule has 1 aliphatic rings. The van der Waals surface area contributed by atoms with Gasteiger partial charge in [0.15, 0.2) is 11.6 Å². The first kappa shape index (κ1) is 17.3. The number of nitrogens with zero attached hydrogens (tertiary/aromatic N) is 3. The van der Waals surface area contributed by atoms with Gasteiger partial charge < -0.3 is 20.7 Å². The van der Waals surface area contributed by atoms with Crippen molar-refractivity contribution in [3.8, 4) is 0 Å². The van der Waals surface area contributed by atoms with Crippen molar-refractivity contribution < 1.29 is 9.53 Å². The van der Waals surface area contributed by atoms with Crippen LogP contribution in [-0.2, 0) is 9.53 Å². The lowest BCUT2D eigenvalue weighted by molar-refractivity contribution is -0.148. The van der Waals surface area contributed by atoms with Crippen LogP contribution in [0.5, 0.6) is 0 Å². The molecule has 1 aliphatic heterocycles. The lowest BCUT2D eigenvalue weighted by atomic mass is 9.98. The van der Waals surface area contributed by atoms with Gasteiger partial charge >= 0.3 is 5.97 Å². The standard InChI is InChI=1S/C16H27N5O2/c1-5-23-15(22)11-7-6-8-21(9-11)14-12(17)13(18-10-19-14)20-16(2,3)4/h10-11H,5-9,17H2,1-4H3,(H,18,19,20). The second kappa shape index (κ2) is 7.02. The summed E-state index contributed by atoms with van der Waals surface area (Å²) >= 11 is 0. The summed E-state index contributed by atoms with van der Waals surface area (Å²) < 4.78 is 5.14. The van der Waals surface area contributed by atoms with Gasteiger partial charge in [-0.1, -0.05) is 0 Å². The van der Waals surface area contributed by atoms with E-state index >= 15 is 0 Å². The van der Waals surface area contributed by atoms with E-state index < -0.39 is 0 Å². The summed E-state index contributed by atoms with van der Waals surface area (Å²) in [5.74, 6) is 1.04. The van der Waals surface area contributed by atoms with Crippen LogP contribution in [0.15, 0.2) is 6.33 Å². The Morgan fingerprint density at radius 3 is 2.87 bits per heavy atom. The molecular weight excluding hydrogens is 294 g/mol. The summed E-state index contributed by atoms with van der Waals surface area (Å²) in [5.41, 5.74) is 6.63. The van der Waals surface area contributed by atoms with Crippen molar-refractivity contribution in [1.82, 2.24) is 9.97 Å². The number of carbonyl (C=O) groups is 1. The molecule has 0 saturated carbocycles. The number of hydrogen-bond acceptors (Lipinski definition) is 7. The van der Waals surface area contributed by atoms with E-state index in [2.05, 4.69) is 20.2 Å². The van der Waals surface area contributed by atoms with E-state index in [9.17, 15) is 4.79 Å². The smallest absolute Gasteiger partial charge is 0.310 e. The predicted molar refractivity (Wildman–Crippen MR) is 91.4 cm³/mol. The topological polar surface area (TPSA) is 93.4 Å². The van der Waals surface area contributed by atoms with E-state index in [0.29, 0.717) is 30.5 Å². The Bertz CT molecular complexity index is 556. The van der Waals surface area contributed by atoms with Gasteiger partial charge in [-0.25, -0.2) is 9.97 Å². The van der Waals surface area contributed by atoms with E-state index in [1.165, 1.54) is 6.33 Å². The fourth-order valence-electron chi connectivity index (χ4n) is 2.72. The van der Waals surface area contributed by atoms with Crippen molar-refractivity contribution >= 4 is 23.3 Å². The second-order valence-electron chi connectivity index (χ2n) is 6.87. The lowest BCUT2D eigenvalue weighted by Crippen LogP contribution is -2.40. The summed E-state index contributed by atoms with van der Waals surface area (Å²) in [6, 6.07) is 0. The number of rotatable bonds is 4. The summed E-state index contributed by atoms with van der Waals surface area (Å²) in [6.45, 7) is 9.78. The van der Waals surface area contributed by atoms with Crippen LogP contribution < -0.4 is 16.0 Å². The highest BCUT2D eigenvalue weighted by Crippen LogP contribution is 2.31. The normalized spacial score (nSPS) is 18.6. The van der Waals surface area contributed by atoms with Crippen LogP contribution in [0.2, 0.25) is 0 Å². The number of hydrogen-bond donors (Lipinski definition) is 2. The largest absolute Gasteiger partial charge is 0.466 e. The van der Waals surface area contributed by atoms with Crippen molar-refractivity contribution in [3.05, 3.63) is 6.33 Å². The Morgan fingerprint density at radius 1 is 1.48 bits per heavy atom. The molecule has 2 rings (SSSR count). The highest BCUT2D eigenvalue weighted by molar-refractivity contribution is 5.77. The van der Waals surface area contributed by atoms with Crippen molar-refractivity contribution in [3.63, 3.8) is 0 Å². The first-order valence-corrected chi connectivity index (χ1v) is 8.12. The Kier molecular flexibility index (Phi) is 5.28. The Labute approximate surface area is 137 Å². The summed E-state index contributed by atoms with van der Waals surface area (Å²) in [6.07, 6.45) is 3.26. The number of aromatic nitrogens is 2. The van der Waals surface area contributed by atoms with Gasteiger partial charge in [-0.2, -0.15) is 0 Å². The molecule has 1 fully saturated rings. The number of anilines is 3. The van der Waals surface area contributed by atoms with Gasteiger partial charge in [0, 0.05) is 18.6 Å². The zero-order valence-electron chi connectivity index (χ0n) is 14.4. The Morgan fingerprint density at radius 2 is 2.22 bits per heavy atom.